The van der Waals surface area contributed by atoms with Crippen molar-refractivity contribution >= 4 is 11.9 Å². The van der Waals surface area contributed by atoms with Crippen molar-refractivity contribution in [1.29, 1.82) is 0 Å². The molecule has 1 aliphatic rings. The van der Waals surface area contributed by atoms with E-state index in [0.29, 0.717) is 13.0 Å². The summed E-state index contributed by atoms with van der Waals surface area (Å²) < 4.78 is 1.81. The number of nitrogens with zero attached hydrogens (tertiary/aromatic N) is 2. The minimum atomic E-state index is -0.892. The molecule has 2 rings (SSSR count). The zero-order chi connectivity index (χ0) is 11.7. The molecule has 1 saturated carbocycles. The lowest BCUT2D eigenvalue weighted by Crippen LogP contribution is -2.27. The average Bonchev–Trinajstić information content (AvgIpc) is 2.94. The van der Waals surface area contributed by atoms with Crippen LogP contribution in [0.3, 0.4) is 0 Å². The first-order valence-electron chi connectivity index (χ1n) is 5.06. The number of aromatic nitrogens is 2. The van der Waals surface area contributed by atoms with Gasteiger partial charge in [0, 0.05) is 19.4 Å². The number of nitrogens with one attached hydrogen (secondary N) is 1. The van der Waals surface area contributed by atoms with E-state index in [-0.39, 0.29) is 11.8 Å². The van der Waals surface area contributed by atoms with Crippen molar-refractivity contribution in [3.05, 3.63) is 18.2 Å². The fourth-order valence-electron chi connectivity index (χ4n) is 1.62. The summed E-state index contributed by atoms with van der Waals surface area (Å²) in [6.45, 7) is 0.338. The van der Waals surface area contributed by atoms with Crippen molar-refractivity contribution in [3.63, 3.8) is 0 Å². The Morgan fingerprint density at radius 2 is 2.38 bits per heavy atom. The summed E-state index contributed by atoms with van der Waals surface area (Å²) in [4.78, 5) is 26.1. The van der Waals surface area contributed by atoms with Crippen LogP contribution < -0.4 is 5.32 Å². The van der Waals surface area contributed by atoms with Gasteiger partial charge in [-0.3, -0.25) is 9.59 Å². The summed E-state index contributed by atoms with van der Waals surface area (Å²) in [7, 11) is 1.84. The van der Waals surface area contributed by atoms with E-state index in [1.165, 1.54) is 0 Å². The van der Waals surface area contributed by atoms with Crippen LogP contribution >= 0.6 is 0 Å². The van der Waals surface area contributed by atoms with Gasteiger partial charge in [-0.1, -0.05) is 0 Å². The number of carboxylic acid groups (broad SMARTS) is 1. The molecule has 0 unspecified atom stereocenters. The molecular formula is C10H13N3O3. The Balaban J connectivity index is 1.82. The molecule has 0 aromatic carbocycles. The molecule has 0 radical (unpaired) electrons. The van der Waals surface area contributed by atoms with Gasteiger partial charge in [-0.2, -0.15) is 0 Å². The van der Waals surface area contributed by atoms with E-state index in [9.17, 15) is 9.59 Å². The van der Waals surface area contributed by atoms with Crippen LogP contribution in [0.25, 0.3) is 0 Å². The third-order valence-electron chi connectivity index (χ3n) is 2.79. The molecule has 0 aliphatic heterocycles. The zero-order valence-corrected chi connectivity index (χ0v) is 8.88. The van der Waals surface area contributed by atoms with Crippen LogP contribution in [-0.4, -0.2) is 26.5 Å². The van der Waals surface area contributed by atoms with Gasteiger partial charge in [-0.05, 0) is 6.42 Å². The molecule has 16 heavy (non-hydrogen) atoms. The normalized spacial score (nSPS) is 22.8. The number of carbonyl (C=O) groups excluding carboxylic acids is 1. The summed E-state index contributed by atoms with van der Waals surface area (Å²) in [6.07, 6.45) is 3.89. The van der Waals surface area contributed by atoms with Crippen molar-refractivity contribution in [2.24, 2.45) is 18.9 Å². The second-order valence-corrected chi connectivity index (χ2v) is 3.96. The Morgan fingerprint density at radius 1 is 1.62 bits per heavy atom. The van der Waals surface area contributed by atoms with Gasteiger partial charge in [0.1, 0.15) is 5.82 Å². The number of carbonyl (C=O) groups is 2. The predicted molar refractivity (Wildman–Crippen MR) is 54.3 cm³/mol. The van der Waals surface area contributed by atoms with Gasteiger partial charge in [-0.15, -0.1) is 0 Å². The third-order valence-corrected chi connectivity index (χ3v) is 2.79. The molecule has 0 spiro atoms. The molecule has 6 heteroatoms. The predicted octanol–water partition coefficient (Wildman–Crippen LogP) is -0.243. The van der Waals surface area contributed by atoms with Crippen molar-refractivity contribution in [2.45, 2.75) is 13.0 Å². The van der Waals surface area contributed by atoms with Gasteiger partial charge >= 0.3 is 5.97 Å². The number of imidazole rings is 1. The average molecular weight is 223 g/mol. The summed E-state index contributed by atoms with van der Waals surface area (Å²) in [5, 5.41) is 11.4. The largest absolute Gasteiger partial charge is 0.481 e. The van der Waals surface area contributed by atoms with E-state index >= 15 is 0 Å². The van der Waals surface area contributed by atoms with Gasteiger partial charge in [0.15, 0.2) is 0 Å². The van der Waals surface area contributed by atoms with Gasteiger partial charge in [0.2, 0.25) is 5.91 Å². The Morgan fingerprint density at radius 3 is 2.88 bits per heavy atom. The van der Waals surface area contributed by atoms with E-state index in [2.05, 4.69) is 10.3 Å². The lowest BCUT2D eigenvalue weighted by atomic mass is 10.3. The number of amides is 1. The Bertz CT molecular complexity index is 427. The van der Waals surface area contributed by atoms with Crippen LogP contribution in [0, 0.1) is 11.8 Å². The summed E-state index contributed by atoms with van der Waals surface area (Å²) in [6, 6.07) is 0. The summed E-state index contributed by atoms with van der Waals surface area (Å²) >= 11 is 0. The number of carboxylic acids is 1. The van der Waals surface area contributed by atoms with E-state index < -0.39 is 11.9 Å². The molecule has 1 heterocycles. The Labute approximate surface area is 92.3 Å². The van der Waals surface area contributed by atoms with Gasteiger partial charge in [-0.25, -0.2) is 4.98 Å². The van der Waals surface area contributed by atoms with Crippen LogP contribution in [0.15, 0.2) is 12.4 Å². The number of hydrogen-bond donors (Lipinski definition) is 2. The van der Waals surface area contributed by atoms with Crippen LogP contribution in [0.4, 0.5) is 0 Å². The molecule has 1 aromatic rings. The monoisotopic (exact) mass is 223 g/mol. The first kappa shape index (κ1) is 10.7. The quantitative estimate of drug-likeness (QED) is 0.737. The van der Waals surface area contributed by atoms with Crippen molar-refractivity contribution in [1.82, 2.24) is 14.9 Å². The highest BCUT2D eigenvalue weighted by molar-refractivity contribution is 5.89. The van der Waals surface area contributed by atoms with E-state index in [1.54, 1.807) is 12.4 Å². The van der Waals surface area contributed by atoms with Crippen molar-refractivity contribution in [3.8, 4) is 0 Å². The maximum atomic E-state index is 11.5. The summed E-state index contributed by atoms with van der Waals surface area (Å²) in [5.41, 5.74) is 0. The molecule has 6 nitrogen and oxygen atoms in total. The molecule has 0 saturated heterocycles. The zero-order valence-electron chi connectivity index (χ0n) is 8.88. The minimum Gasteiger partial charge on any atom is -0.481 e. The number of aryl methyl sites for hydroxylation is 1. The molecule has 0 bridgehead atoms. The second-order valence-electron chi connectivity index (χ2n) is 3.96. The molecule has 86 valence electrons. The molecule has 1 aliphatic carbocycles. The number of hydrogen-bond acceptors (Lipinski definition) is 3. The van der Waals surface area contributed by atoms with Crippen molar-refractivity contribution in [2.75, 3.05) is 0 Å². The van der Waals surface area contributed by atoms with E-state index in [0.717, 1.165) is 5.82 Å². The van der Waals surface area contributed by atoms with Crippen LogP contribution in [0.1, 0.15) is 12.2 Å². The van der Waals surface area contributed by atoms with Gasteiger partial charge in [0.25, 0.3) is 0 Å². The maximum Gasteiger partial charge on any atom is 0.307 e. The van der Waals surface area contributed by atoms with Crippen LogP contribution in [0.5, 0.6) is 0 Å². The molecule has 2 atom stereocenters. The molecule has 1 fully saturated rings. The van der Waals surface area contributed by atoms with Crippen LogP contribution in [-0.2, 0) is 23.2 Å². The van der Waals surface area contributed by atoms with Gasteiger partial charge in [0.05, 0.1) is 18.4 Å². The smallest absolute Gasteiger partial charge is 0.307 e. The van der Waals surface area contributed by atoms with Gasteiger partial charge < -0.3 is 15.0 Å². The molecule has 2 N–H and O–H groups in total. The Hall–Kier alpha value is -1.85. The first-order valence-corrected chi connectivity index (χ1v) is 5.06. The molecule has 1 aromatic heterocycles. The maximum absolute atomic E-state index is 11.5. The highest BCUT2D eigenvalue weighted by Crippen LogP contribution is 2.38. The Kier molecular flexibility index (Phi) is 2.64. The number of aliphatic carboxylic acids is 1. The minimum absolute atomic E-state index is 0.199. The highest BCUT2D eigenvalue weighted by atomic mass is 16.4. The second kappa shape index (κ2) is 3.96. The van der Waals surface area contributed by atoms with E-state index in [4.69, 9.17) is 5.11 Å². The van der Waals surface area contributed by atoms with E-state index in [1.807, 2.05) is 11.6 Å². The first-order chi connectivity index (χ1) is 7.59. The molecular weight excluding hydrogens is 210 g/mol. The standard InChI is InChI=1S/C10H13N3O3/c1-13-3-2-11-8(13)5-12-9(14)6-4-7(6)10(15)16/h2-3,6-7H,4-5H2,1H3,(H,12,14)(H,15,16)/t6-,7+/m1/s1. The number of rotatable bonds is 4. The molecule has 1 amide bonds. The lowest BCUT2D eigenvalue weighted by molar-refractivity contribution is -0.140. The fraction of sp³-hybridized carbons (Fsp3) is 0.500. The fourth-order valence-corrected chi connectivity index (χ4v) is 1.62. The third kappa shape index (κ3) is 2.05. The van der Waals surface area contributed by atoms with Crippen molar-refractivity contribution < 1.29 is 14.7 Å². The highest BCUT2D eigenvalue weighted by Gasteiger charge is 2.48. The topological polar surface area (TPSA) is 84.2 Å². The lowest BCUT2D eigenvalue weighted by Gasteiger charge is -2.04. The SMILES string of the molecule is Cn1ccnc1CNC(=O)[C@@H]1C[C@@H]1C(=O)O. The summed E-state index contributed by atoms with van der Waals surface area (Å²) in [5.74, 6) is -1.20. The van der Waals surface area contributed by atoms with Crippen LogP contribution in [0.2, 0.25) is 0 Å².